The Labute approximate surface area is 229 Å². The first-order valence-electron chi connectivity index (χ1n) is 15.0. The van der Waals surface area contributed by atoms with E-state index in [1.807, 2.05) is 12.9 Å². The van der Waals surface area contributed by atoms with Gasteiger partial charge in [0, 0.05) is 11.6 Å². The molecule has 0 aromatic rings. The van der Waals surface area contributed by atoms with Gasteiger partial charge in [0.15, 0.2) is 0 Å². The molecule has 0 bridgehead atoms. The Morgan fingerprint density at radius 2 is 1.00 bits per heavy atom. The molecule has 0 fully saturated rings. The Hall–Kier alpha value is -1.91. The average molecular weight is 525 g/mol. The third kappa shape index (κ3) is 38.8. The molecule has 0 atom stereocenters. The first kappa shape index (κ1) is 39.6. The summed E-state index contributed by atoms with van der Waals surface area (Å²) < 4.78 is 4.91. The molecule has 0 radical (unpaired) electrons. The number of allylic oxidation sites excluding steroid dienone is 1. The van der Waals surface area contributed by atoms with E-state index < -0.39 is 5.97 Å². The van der Waals surface area contributed by atoms with Gasteiger partial charge in [-0.1, -0.05) is 142 Å². The summed E-state index contributed by atoms with van der Waals surface area (Å²) in [5, 5.41) is 8.68. The minimum atomic E-state index is -0.790. The lowest BCUT2D eigenvalue weighted by atomic mass is 10.1. The molecule has 5 nitrogen and oxygen atoms in total. The normalized spacial score (nSPS) is 10.5. The van der Waals surface area contributed by atoms with Crippen molar-refractivity contribution in [2.24, 2.45) is 0 Å². The molecular formula is C32H60O5. The third-order valence-electron chi connectivity index (χ3n) is 6.25. The fourth-order valence-electron chi connectivity index (χ4n) is 3.86. The standard InChI is InChI=1S/C16H30O2.C15H28O2.CH2O/c1-3-4-5-6-7-8-9-10-11-12-13-14-15(2)16(17)18;1-3-5-6-7-8-9-10-11-12-13-14-17-15(16)4-2;1-2/h14H,3-13H2,1-2H3,(H,17,18);4H,2-3,5-14H2,1H3;1H2. The van der Waals surface area contributed by atoms with Crippen LogP contribution in [-0.2, 0) is 19.1 Å². The van der Waals surface area contributed by atoms with E-state index in [0.29, 0.717) is 12.2 Å². The number of hydrogen-bond acceptors (Lipinski definition) is 4. The van der Waals surface area contributed by atoms with E-state index in [1.165, 1.54) is 122 Å². The summed E-state index contributed by atoms with van der Waals surface area (Å²) in [4.78, 5) is 29.3. The van der Waals surface area contributed by atoms with Gasteiger partial charge in [0.2, 0.25) is 0 Å². The van der Waals surface area contributed by atoms with Gasteiger partial charge in [-0.05, 0) is 26.2 Å². The number of hydrogen-bond donors (Lipinski definition) is 1. The maximum Gasteiger partial charge on any atom is 0.330 e. The quantitative estimate of drug-likeness (QED) is 0.0772. The molecule has 37 heavy (non-hydrogen) atoms. The molecule has 0 heterocycles. The predicted molar refractivity (Wildman–Crippen MR) is 158 cm³/mol. The first-order valence-corrected chi connectivity index (χ1v) is 15.0. The minimum absolute atomic E-state index is 0.305. The molecule has 0 amide bonds. The van der Waals surface area contributed by atoms with Crippen molar-refractivity contribution in [3.63, 3.8) is 0 Å². The number of carbonyl (C=O) groups excluding carboxylic acids is 2. The molecule has 0 unspecified atom stereocenters. The second kappa shape index (κ2) is 36.2. The molecule has 0 aliphatic rings. The zero-order valence-electron chi connectivity index (χ0n) is 24.7. The van der Waals surface area contributed by atoms with Crippen LogP contribution in [0.25, 0.3) is 0 Å². The number of unbranched alkanes of at least 4 members (excludes halogenated alkanes) is 19. The molecule has 0 saturated heterocycles. The maximum absolute atomic E-state index is 10.7. The highest BCUT2D eigenvalue weighted by atomic mass is 16.5. The minimum Gasteiger partial charge on any atom is -0.478 e. The number of carbonyl (C=O) groups is 3. The first-order chi connectivity index (χ1) is 18.0. The van der Waals surface area contributed by atoms with Gasteiger partial charge in [-0.25, -0.2) is 9.59 Å². The van der Waals surface area contributed by atoms with Crippen LogP contribution in [0.4, 0.5) is 0 Å². The molecule has 0 aliphatic heterocycles. The van der Waals surface area contributed by atoms with Crippen LogP contribution in [0.15, 0.2) is 24.3 Å². The smallest absolute Gasteiger partial charge is 0.330 e. The topological polar surface area (TPSA) is 80.7 Å². The van der Waals surface area contributed by atoms with Crippen molar-refractivity contribution in [2.75, 3.05) is 6.61 Å². The van der Waals surface area contributed by atoms with Crippen molar-refractivity contribution < 1.29 is 24.2 Å². The van der Waals surface area contributed by atoms with Gasteiger partial charge in [-0.3, -0.25) is 0 Å². The van der Waals surface area contributed by atoms with E-state index in [2.05, 4.69) is 20.4 Å². The fraction of sp³-hybridized carbons (Fsp3) is 0.781. The Kier molecular flexibility index (Phi) is 38.8. The van der Waals surface area contributed by atoms with E-state index in [4.69, 9.17) is 14.6 Å². The van der Waals surface area contributed by atoms with Crippen molar-refractivity contribution in [2.45, 2.75) is 156 Å². The van der Waals surface area contributed by atoms with Crippen LogP contribution >= 0.6 is 0 Å². The van der Waals surface area contributed by atoms with Crippen molar-refractivity contribution in [1.82, 2.24) is 0 Å². The monoisotopic (exact) mass is 524 g/mol. The van der Waals surface area contributed by atoms with Gasteiger partial charge in [0.25, 0.3) is 0 Å². The number of carboxylic acids is 1. The van der Waals surface area contributed by atoms with Gasteiger partial charge < -0.3 is 14.6 Å². The Morgan fingerprint density at radius 1 is 0.649 bits per heavy atom. The maximum atomic E-state index is 10.7. The summed E-state index contributed by atoms with van der Waals surface area (Å²) in [5.41, 5.74) is 0.478. The number of esters is 1. The van der Waals surface area contributed by atoms with E-state index >= 15 is 0 Å². The molecule has 218 valence electrons. The molecule has 0 aromatic heterocycles. The molecule has 0 rings (SSSR count). The van der Waals surface area contributed by atoms with Crippen LogP contribution < -0.4 is 0 Å². The van der Waals surface area contributed by atoms with Gasteiger partial charge in [0.05, 0.1) is 6.61 Å². The molecule has 0 saturated carbocycles. The van der Waals surface area contributed by atoms with E-state index in [1.54, 1.807) is 6.92 Å². The average Bonchev–Trinajstić information content (AvgIpc) is 2.91. The van der Waals surface area contributed by atoms with Crippen molar-refractivity contribution in [1.29, 1.82) is 0 Å². The summed E-state index contributed by atoms with van der Waals surface area (Å²) in [7, 11) is 0. The second-order valence-corrected chi connectivity index (χ2v) is 9.72. The van der Waals surface area contributed by atoms with Gasteiger partial charge in [0.1, 0.15) is 6.79 Å². The van der Waals surface area contributed by atoms with Crippen LogP contribution in [0.2, 0.25) is 0 Å². The molecule has 0 aromatic carbocycles. The Balaban J connectivity index is -0.000000586. The van der Waals surface area contributed by atoms with Crippen molar-refractivity contribution in [3.8, 4) is 0 Å². The Bertz CT molecular complexity index is 527. The van der Waals surface area contributed by atoms with Crippen LogP contribution in [0, 0.1) is 0 Å². The zero-order valence-corrected chi connectivity index (χ0v) is 24.7. The van der Waals surface area contributed by atoms with Crippen molar-refractivity contribution in [3.05, 3.63) is 24.3 Å². The zero-order chi connectivity index (χ0) is 28.4. The van der Waals surface area contributed by atoms with Gasteiger partial charge >= 0.3 is 11.9 Å². The molecule has 5 heteroatoms. The summed E-state index contributed by atoms with van der Waals surface area (Å²) >= 11 is 0. The third-order valence-corrected chi connectivity index (χ3v) is 6.25. The highest BCUT2D eigenvalue weighted by Crippen LogP contribution is 2.12. The van der Waals surface area contributed by atoms with Crippen molar-refractivity contribution >= 4 is 18.7 Å². The van der Waals surface area contributed by atoms with Gasteiger partial charge in [-0.2, -0.15) is 0 Å². The van der Waals surface area contributed by atoms with E-state index in [-0.39, 0.29) is 5.97 Å². The SMILES string of the molecule is C=CC(=O)OCCCCCCCCCCCC.C=O.CCCCCCCCCCCCC=C(C)C(=O)O. The van der Waals surface area contributed by atoms with E-state index in [0.717, 1.165) is 19.3 Å². The summed E-state index contributed by atoms with van der Waals surface area (Å²) in [5.74, 6) is -1.09. The lowest BCUT2D eigenvalue weighted by Crippen LogP contribution is -2.01. The highest BCUT2D eigenvalue weighted by molar-refractivity contribution is 5.85. The lowest BCUT2D eigenvalue weighted by molar-refractivity contribution is -0.138. The van der Waals surface area contributed by atoms with E-state index in [9.17, 15) is 9.59 Å². The number of carboxylic acid groups (broad SMARTS) is 1. The highest BCUT2D eigenvalue weighted by Gasteiger charge is 1.98. The number of ether oxygens (including phenoxy) is 1. The molecular weight excluding hydrogens is 464 g/mol. The lowest BCUT2D eigenvalue weighted by Gasteiger charge is -2.03. The number of rotatable bonds is 24. The second-order valence-electron chi connectivity index (χ2n) is 9.72. The summed E-state index contributed by atoms with van der Waals surface area (Å²) in [6.07, 6.45) is 30.2. The summed E-state index contributed by atoms with van der Waals surface area (Å²) in [6, 6.07) is 0. The number of aliphatic carboxylic acids is 1. The molecule has 0 spiro atoms. The largest absolute Gasteiger partial charge is 0.478 e. The Morgan fingerprint density at radius 3 is 1.35 bits per heavy atom. The predicted octanol–water partition coefficient (Wildman–Crippen LogP) is 9.78. The van der Waals surface area contributed by atoms with Crippen LogP contribution in [0.5, 0.6) is 0 Å². The van der Waals surface area contributed by atoms with Crippen LogP contribution in [-0.4, -0.2) is 30.4 Å². The van der Waals surface area contributed by atoms with Crippen LogP contribution in [0.1, 0.15) is 156 Å². The fourth-order valence-corrected chi connectivity index (χ4v) is 3.86. The molecule has 0 aliphatic carbocycles. The molecule has 1 N–H and O–H groups in total. The van der Waals surface area contributed by atoms with Gasteiger partial charge in [-0.15, -0.1) is 0 Å². The summed E-state index contributed by atoms with van der Waals surface area (Å²) in [6.45, 7) is 12.1. The van der Waals surface area contributed by atoms with Crippen LogP contribution in [0.3, 0.4) is 0 Å².